The van der Waals surface area contributed by atoms with Gasteiger partial charge in [0.25, 0.3) is 0 Å². The summed E-state index contributed by atoms with van der Waals surface area (Å²) in [5.74, 6) is 1.93. The highest BCUT2D eigenvalue weighted by Gasteiger charge is 2.58. The Kier molecular flexibility index (Phi) is 4.01. The molecule has 0 bridgehead atoms. The summed E-state index contributed by atoms with van der Waals surface area (Å²) in [6, 6.07) is 0. The van der Waals surface area contributed by atoms with Crippen molar-refractivity contribution in [3.8, 4) is 0 Å². The molecule has 4 rings (SSSR count). The van der Waals surface area contributed by atoms with Crippen LogP contribution in [-0.4, -0.2) is 23.0 Å². The van der Waals surface area contributed by atoms with Gasteiger partial charge in [-0.25, -0.2) is 0 Å². The Bertz CT molecular complexity index is 639. The lowest BCUT2D eigenvalue weighted by Crippen LogP contribution is -2.50. The molecule has 4 aliphatic carbocycles. The number of oxime groups is 1. The Morgan fingerprint density at radius 2 is 1.92 bits per heavy atom. The van der Waals surface area contributed by atoms with E-state index in [-0.39, 0.29) is 22.9 Å². The van der Waals surface area contributed by atoms with E-state index in [1.165, 1.54) is 25.3 Å². The van der Waals surface area contributed by atoms with Crippen molar-refractivity contribution in [3.63, 3.8) is 0 Å². The average Bonchev–Trinajstić information content (AvgIpc) is 2.91. The number of ether oxygens (including phenoxy) is 1. The lowest BCUT2D eigenvalue weighted by Gasteiger charge is -2.57. The largest absolute Gasteiger partial charge is 0.462 e. The fourth-order valence-electron chi connectivity index (χ4n) is 6.92. The molecule has 0 amide bonds. The van der Waals surface area contributed by atoms with Crippen molar-refractivity contribution < 1.29 is 14.7 Å². The van der Waals surface area contributed by atoms with Gasteiger partial charge in [0, 0.05) is 18.8 Å². The van der Waals surface area contributed by atoms with Gasteiger partial charge in [-0.3, -0.25) is 4.79 Å². The molecule has 25 heavy (non-hydrogen) atoms. The molecule has 0 aliphatic heterocycles. The Balaban J connectivity index is 1.60. The van der Waals surface area contributed by atoms with Crippen LogP contribution in [0.2, 0.25) is 0 Å². The number of carbonyl (C=O) groups excluding carboxylic acids is 1. The molecule has 1 N–H and O–H groups in total. The van der Waals surface area contributed by atoms with Crippen LogP contribution < -0.4 is 0 Å². The van der Waals surface area contributed by atoms with Crippen molar-refractivity contribution in [1.82, 2.24) is 0 Å². The van der Waals surface area contributed by atoms with Crippen LogP contribution >= 0.6 is 0 Å². The number of allylic oxidation sites excluding steroid dienone is 1. The number of hydrogen-bond donors (Lipinski definition) is 1. The number of rotatable bonds is 1. The van der Waals surface area contributed by atoms with E-state index in [4.69, 9.17) is 4.74 Å². The third-order valence-corrected chi connectivity index (χ3v) is 8.25. The Labute approximate surface area is 150 Å². The van der Waals surface area contributed by atoms with Crippen molar-refractivity contribution >= 4 is 11.7 Å². The van der Waals surface area contributed by atoms with E-state index < -0.39 is 0 Å². The Morgan fingerprint density at radius 3 is 2.64 bits per heavy atom. The summed E-state index contributed by atoms with van der Waals surface area (Å²) < 4.78 is 5.51. The van der Waals surface area contributed by atoms with E-state index in [1.807, 2.05) is 0 Å². The summed E-state index contributed by atoms with van der Waals surface area (Å²) in [6.07, 6.45) is 11.2. The van der Waals surface area contributed by atoms with Crippen LogP contribution in [0.5, 0.6) is 0 Å². The van der Waals surface area contributed by atoms with Crippen LogP contribution in [0.3, 0.4) is 0 Å². The Hall–Kier alpha value is -1.32. The first-order valence-corrected chi connectivity index (χ1v) is 9.96. The molecule has 6 atom stereocenters. The molecule has 0 aromatic heterocycles. The number of hydrogen-bond acceptors (Lipinski definition) is 4. The zero-order chi connectivity index (χ0) is 17.8. The predicted octanol–water partition coefficient (Wildman–Crippen LogP) is 4.71. The summed E-state index contributed by atoms with van der Waals surface area (Å²) in [6.45, 7) is 6.30. The van der Waals surface area contributed by atoms with Crippen LogP contribution in [0.1, 0.15) is 72.1 Å². The second-order valence-electron chi connectivity index (χ2n) is 9.28. The fourth-order valence-corrected chi connectivity index (χ4v) is 6.92. The van der Waals surface area contributed by atoms with E-state index in [9.17, 15) is 10.0 Å². The van der Waals surface area contributed by atoms with Crippen LogP contribution in [0.4, 0.5) is 0 Å². The Morgan fingerprint density at radius 1 is 1.20 bits per heavy atom. The van der Waals surface area contributed by atoms with E-state index >= 15 is 0 Å². The minimum absolute atomic E-state index is 0.0711. The van der Waals surface area contributed by atoms with Gasteiger partial charge < -0.3 is 9.94 Å². The highest BCUT2D eigenvalue weighted by atomic mass is 16.5. The maximum Gasteiger partial charge on any atom is 0.302 e. The second kappa shape index (κ2) is 5.85. The highest BCUT2D eigenvalue weighted by Crippen LogP contribution is 2.64. The van der Waals surface area contributed by atoms with Gasteiger partial charge in [-0.05, 0) is 68.1 Å². The standard InChI is InChI=1S/C21H31NO3/c1-13(23)25-15-8-10-20(2)14(12-15)4-5-16-17-6-7-19(22-24)21(17,3)11-9-18(16)20/h4,15-18,24H,5-12H2,1-3H3/t15?,16-,17-,18+,20-,21-/m0/s1. The molecule has 0 radical (unpaired) electrons. The van der Waals surface area contributed by atoms with E-state index in [1.54, 1.807) is 0 Å². The molecule has 0 spiro atoms. The molecule has 1 unspecified atom stereocenters. The molecule has 0 saturated heterocycles. The van der Waals surface area contributed by atoms with Gasteiger partial charge in [0.1, 0.15) is 6.10 Å². The lowest BCUT2D eigenvalue weighted by atomic mass is 9.48. The quantitative estimate of drug-likeness (QED) is 0.324. The van der Waals surface area contributed by atoms with Gasteiger partial charge in [0.05, 0.1) is 5.71 Å². The summed E-state index contributed by atoms with van der Waals surface area (Å²) in [7, 11) is 0. The highest BCUT2D eigenvalue weighted by molar-refractivity contribution is 5.92. The molecule has 0 aromatic carbocycles. The number of nitrogens with zero attached hydrogens (tertiary/aromatic N) is 1. The predicted molar refractivity (Wildman–Crippen MR) is 96.5 cm³/mol. The van der Waals surface area contributed by atoms with E-state index in [0.29, 0.717) is 11.8 Å². The van der Waals surface area contributed by atoms with Crippen LogP contribution in [-0.2, 0) is 9.53 Å². The first-order valence-electron chi connectivity index (χ1n) is 9.96. The summed E-state index contributed by atoms with van der Waals surface area (Å²) in [5.41, 5.74) is 2.94. The molecule has 4 aliphatic rings. The van der Waals surface area contributed by atoms with Gasteiger partial charge in [-0.1, -0.05) is 30.7 Å². The fraction of sp³-hybridized carbons (Fsp3) is 0.810. The molecule has 0 heterocycles. The summed E-state index contributed by atoms with van der Waals surface area (Å²) in [5, 5.41) is 13.1. The van der Waals surface area contributed by atoms with Crippen LogP contribution in [0.15, 0.2) is 16.8 Å². The van der Waals surface area contributed by atoms with Crippen molar-refractivity contribution in [3.05, 3.63) is 11.6 Å². The first-order chi connectivity index (χ1) is 11.9. The number of carbonyl (C=O) groups is 1. The zero-order valence-corrected chi connectivity index (χ0v) is 15.8. The SMILES string of the molecule is CC(=O)OC1CC[C@@]2(C)C(=CC[C@@H]3[C@H]2CC[C@]2(C)C(=NO)CC[C@@H]32)C1. The molecule has 3 saturated carbocycles. The maximum absolute atomic E-state index is 11.3. The maximum atomic E-state index is 11.3. The normalized spacial score (nSPS) is 47.5. The van der Waals surface area contributed by atoms with E-state index in [2.05, 4.69) is 25.1 Å². The molecule has 0 aromatic rings. The van der Waals surface area contributed by atoms with Gasteiger partial charge in [-0.2, -0.15) is 0 Å². The first kappa shape index (κ1) is 17.1. The third kappa shape index (κ3) is 2.47. The third-order valence-electron chi connectivity index (χ3n) is 8.25. The summed E-state index contributed by atoms with van der Waals surface area (Å²) in [4.78, 5) is 11.3. The molecule has 4 heteroatoms. The van der Waals surface area contributed by atoms with Gasteiger partial charge in [0.2, 0.25) is 0 Å². The smallest absolute Gasteiger partial charge is 0.302 e. The second-order valence-corrected chi connectivity index (χ2v) is 9.28. The van der Waals surface area contributed by atoms with Crippen molar-refractivity contribution in [2.24, 2.45) is 33.7 Å². The average molecular weight is 345 g/mol. The molecule has 138 valence electrons. The minimum Gasteiger partial charge on any atom is -0.462 e. The summed E-state index contributed by atoms with van der Waals surface area (Å²) >= 11 is 0. The van der Waals surface area contributed by atoms with Crippen molar-refractivity contribution in [1.29, 1.82) is 0 Å². The monoisotopic (exact) mass is 345 g/mol. The number of esters is 1. The van der Waals surface area contributed by atoms with Gasteiger partial charge in [0.15, 0.2) is 0 Å². The van der Waals surface area contributed by atoms with Crippen LogP contribution in [0.25, 0.3) is 0 Å². The molecular weight excluding hydrogens is 314 g/mol. The van der Waals surface area contributed by atoms with Gasteiger partial charge >= 0.3 is 5.97 Å². The van der Waals surface area contributed by atoms with Crippen molar-refractivity contribution in [2.45, 2.75) is 78.2 Å². The molecule has 3 fully saturated rings. The minimum atomic E-state index is -0.155. The topological polar surface area (TPSA) is 58.9 Å². The zero-order valence-electron chi connectivity index (χ0n) is 15.8. The van der Waals surface area contributed by atoms with Crippen molar-refractivity contribution in [2.75, 3.05) is 0 Å². The molecular formula is C21H31NO3. The molecule has 4 nitrogen and oxygen atoms in total. The number of fused-ring (bicyclic) bond motifs is 5. The van der Waals surface area contributed by atoms with Gasteiger partial charge in [-0.15, -0.1) is 0 Å². The lowest BCUT2D eigenvalue weighted by molar-refractivity contribution is -0.148. The van der Waals surface area contributed by atoms with Crippen LogP contribution in [0, 0.1) is 28.6 Å². The van der Waals surface area contributed by atoms with E-state index in [0.717, 1.165) is 50.2 Å².